The molecule has 0 bridgehead atoms. The second-order valence-electron chi connectivity index (χ2n) is 6.15. The van der Waals surface area contributed by atoms with Crippen molar-refractivity contribution in [1.82, 2.24) is 15.0 Å². The van der Waals surface area contributed by atoms with E-state index in [4.69, 9.17) is 0 Å². The lowest BCUT2D eigenvalue weighted by molar-refractivity contribution is 0.104. The maximum atomic E-state index is 13.4. The number of aromatic nitrogens is 3. The first kappa shape index (κ1) is 16.4. The van der Waals surface area contributed by atoms with Gasteiger partial charge < -0.3 is 9.97 Å². The molecule has 0 aliphatic heterocycles. The van der Waals surface area contributed by atoms with Gasteiger partial charge in [0.25, 0.3) is 0 Å². The van der Waals surface area contributed by atoms with Crippen LogP contribution in [0.4, 0.5) is 4.39 Å². The minimum atomic E-state index is -0.342. The van der Waals surface area contributed by atoms with E-state index in [2.05, 4.69) is 30.9 Å². The normalized spacial score (nSPS) is 11.5. The Bertz CT molecular complexity index is 1330. The quantitative estimate of drug-likeness (QED) is 0.343. The molecule has 4 nitrogen and oxygen atoms in total. The molecule has 5 rings (SSSR count). The molecule has 0 unspecified atom stereocenters. The van der Waals surface area contributed by atoms with Crippen molar-refractivity contribution in [3.8, 4) is 11.3 Å². The van der Waals surface area contributed by atoms with E-state index in [1.165, 1.54) is 23.5 Å². The Morgan fingerprint density at radius 3 is 2.70 bits per heavy atom. The number of nitrogens with zero attached hydrogens (tertiary/aromatic N) is 1. The van der Waals surface area contributed by atoms with Gasteiger partial charge in [0, 0.05) is 49.6 Å². The van der Waals surface area contributed by atoms with Crippen LogP contribution in [0.15, 0.2) is 58.6 Å². The Morgan fingerprint density at radius 2 is 1.81 bits per heavy atom. The summed E-state index contributed by atoms with van der Waals surface area (Å²) in [7, 11) is 0. The summed E-state index contributed by atoms with van der Waals surface area (Å²) in [5.41, 5.74) is 3.79. The largest absolute Gasteiger partial charge is 0.360 e. The highest BCUT2D eigenvalue weighted by atomic mass is 79.9. The van der Waals surface area contributed by atoms with E-state index >= 15 is 0 Å². The molecule has 0 fully saturated rings. The van der Waals surface area contributed by atoms with Crippen LogP contribution >= 0.6 is 27.3 Å². The fourth-order valence-electron chi connectivity index (χ4n) is 3.21. The second kappa shape index (κ2) is 6.14. The minimum Gasteiger partial charge on any atom is -0.360 e. The number of rotatable bonds is 3. The Labute approximate surface area is 165 Å². The van der Waals surface area contributed by atoms with Crippen molar-refractivity contribution in [2.45, 2.75) is 0 Å². The molecule has 3 aromatic heterocycles. The van der Waals surface area contributed by atoms with Gasteiger partial charge in [0.2, 0.25) is 5.78 Å². The van der Waals surface area contributed by atoms with Gasteiger partial charge in [-0.25, -0.2) is 9.37 Å². The number of ketones is 1. The van der Waals surface area contributed by atoms with E-state index in [1.807, 2.05) is 29.8 Å². The lowest BCUT2D eigenvalue weighted by atomic mass is 10.1. The number of benzene rings is 2. The molecule has 7 heteroatoms. The zero-order chi connectivity index (χ0) is 18.5. The lowest BCUT2D eigenvalue weighted by Gasteiger charge is -1.97. The van der Waals surface area contributed by atoms with E-state index in [0.717, 1.165) is 26.6 Å². The van der Waals surface area contributed by atoms with Crippen LogP contribution in [-0.4, -0.2) is 20.7 Å². The molecule has 0 spiro atoms. The first-order valence-corrected chi connectivity index (χ1v) is 9.81. The summed E-state index contributed by atoms with van der Waals surface area (Å²) in [5.74, 6) is -0.516. The number of carbonyl (C=O) groups excluding carboxylic acids is 1. The maximum absolute atomic E-state index is 13.4. The average molecular weight is 440 g/mol. The van der Waals surface area contributed by atoms with Crippen LogP contribution in [0, 0.1) is 5.82 Å². The maximum Gasteiger partial charge on any atom is 0.223 e. The molecule has 0 aliphatic rings. The van der Waals surface area contributed by atoms with Crippen LogP contribution in [0.2, 0.25) is 0 Å². The molecule has 132 valence electrons. The fraction of sp³-hybridized carbons (Fsp3) is 0. The summed E-state index contributed by atoms with van der Waals surface area (Å²) in [6, 6.07) is 10.3. The predicted molar refractivity (Wildman–Crippen MR) is 109 cm³/mol. The number of thiazole rings is 1. The summed E-state index contributed by atoms with van der Waals surface area (Å²) in [4.78, 5) is 23.7. The summed E-state index contributed by atoms with van der Waals surface area (Å²) in [5, 5.41) is 4.02. The molecule has 0 aliphatic carbocycles. The molecule has 0 saturated carbocycles. The standard InChI is InChI=1S/C20H11BrFN3OS/c21-10-1-3-12-14(7-23-16(12)5-10)18-9-27-20(25-18)19(26)15-8-24-17-6-11(22)2-4-13(15)17/h1-9,23-24H. The first-order valence-electron chi connectivity index (χ1n) is 8.14. The number of halogens is 2. The van der Waals surface area contributed by atoms with E-state index in [-0.39, 0.29) is 11.6 Å². The molecular weight excluding hydrogens is 429 g/mol. The minimum absolute atomic E-state index is 0.174. The third kappa shape index (κ3) is 2.70. The number of carbonyl (C=O) groups is 1. The second-order valence-corrected chi connectivity index (χ2v) is 7.93. The Kier molecular flexibility index (Phi) is 3.73. The first-order chi connectivity index (χ1) is 13.1. The van der Waals surface area contributed by atoms with Gasteiger partial charge in [0.05, 0.1) is 11.3 Å². The third-order valence-electron chi connectivity index (χ3n) is 4.51. The van der Waals surface area contributed by atoms with Gasteiger partial charge in [-0.05, 0) is 30.3 Å². The predicted octanol–water partition coefficient (Wildman–Crippen LogP) is 5.91. The van der Waals surface area contributed by atoms with Gasteiger partial charge in [0.15, 0.2) is 5.01 Å². The highest BCUT2D eigenvalue weighted by Gasteiger charge is 2.19. The summed E-state index contributed by atoms with van der Waals surface area (Å²) < 4.78 is 14.4. The number of H-pyrrole nitrogens is 2. The van der Waals surface area contributed by atoms with Crippen molar-refractivity contribution in [3.05, 3.63) is 75.0 Å². The Hall–Kier alpha value is -2.77. The molecule has 2 N–H and O–H groups in total. The van der Waals surface area contributed by atoms with Gasteiger partial charge in [0.1, 0.15) is 5.82 Å². The van der Waals surface area contributed by atoms with Gasteiger partial charge in [-0.2, -0.15) is 0 Å². The number of hydrogen-bond acceptors (Lipinski definition) is 3. The summed E-state index contributed by atoms with van der Waals surface area (Å²) >= 11 is 4.77. The van der Waals surface area contributed by atoms with Crippen molar-refractivity contribution >= 4 is 54.9 Å². The van der Waals surface area contributed by atoms with Crippen molar-refractivity contribution in [1.29, 1.82) is 0 Å². The molecular formula is C20H11BrFN3OS. The van der Waals surface area contributed by atoms with Crippen molar-refractivity contribution in [3.63, 3.8) is 0 Å². The van der Waals surface area contributed by atoms with E-state index in [1.54, 1.807) is 12.3 Å². The summed E-state index contributed by atoms with van der Waals surface area (Å²) in [6.07, 6.45) is 3.51. The van der Waals surface area contributed by atoms with Gasteiger partial charge >= 0.3 is 0 Å². The van der Waals surface area contributed by atoms with E-state index in [9.17, 15) is 9.18 Å². The van der Waals surface area contributed by atoms with E-state index in [0.29, 0.717) is 21.5 Å². The van der Waals surface area contributed by atoms with Crippen LogP contribution in [-0.2, 0) is 0 Å². The molecule has 27 heavy (non-hydrogen) atoms. The van der Waals surface area contributed by atoms with Gasteiger partial charge in [-0.3, -0.25) is 4.79 Å². The lowest BCUT2D eigenvalue weighted by Crippen LogP contribution is -1.99. The zero-order valence-electron chi connectivity index (χ0n) is 13.7. The van der Waals surface area contributed by atoms with Crippen LogP contribution in [0.1, 0.15) is 15.4 Å². The molecule has 0 saturated heterocycles. The van der Waals surface area contributed by atoms with Crippen LogP contribution < -0.4 is 0 Å². The molecule has 3 heterocycles. The number of fused-ring (bicyclic) bond motifs is 2. The van der Waals surface area contributed by atoms with Crippen molar-refractivity contribution < 1.29 is 9.18 Å². The zero-order valence-corrected chi connectivity index (χ0v) is 16.1. The molecule has 0 atom stereocenters. The SMILES string of the molecule is O=C(c1nc(-c2c[nH]c3cc(Br)ccc23)cs1)c1c[nH]c2cc(F)ccc12. The Balaban J connectivity index is 1.55. The van der Waals surface area contributed by atoms with Crippen molar-refractivity contribution in [2.75, 3.05) is 0 Å². The molecule has 0 radical (unpaired) electrons. The van der Waals surface area contributed by atoms with Crippen LogP contribution in [0.25, 0.3) is 33.1 Å². The number of hydrogen-bond donors (Lipinski definition) is 2. The number of nitrogens with one attached hydrogen (secondary N) is 2. The third-order valence-corrected chi connectivity index (χ3v) is 5.84. The van der Waals surface area contributed by atoms with Gasteiger partial charge in [-0.1, -0.05) is 22.0 Å². The van der Waals surface area contributed by atoms with Crippen LogP contribution in [0.3, 0.4) is 0 Å². The highest BCUT2D eigenvalue weighted by molar-refractivity contribution is 9.10. The molecule has 5 aromatic rings. The molecule has 0 amide bonds. The smallest absolute Gasteiger partial charge is 0.223 e. The fourth-order valence-corrected chi connectivity index (χ4v) is 4.35. The van der Waals surface area contributed by atoms with Crippen molar-refractivity contribution in [2.24, 2.45) is 0 Å². The molecule has 2 aromatic carbocycles. The highest BCUT2D eigenvalue weighted by Crippen LogP contribution is 2.32. The average Bonchev–Trinajstić information content (AvgIpc) is 3.37. The van der Waals surface area contributed by atoms with Gasteiger partial charge in [-0.15, -0.1) is 11.3 Å². The Morgan fingerprint density at radius 1 is 1.04 bits per heavy atom. The monoisotopic (exact) mass is 439 g/mol. The number of aromatic amines is 2. The summed E-state index contributed by atoms with van der Waals surface area (Å²) in [6.45, 7) is 0. The van der Waals surface area contributed by atoms with Crippen LogP contribution in [0.5, 0.6) is 0 Å². The topological polar surface area (TPSA) is 61.5 Å². The van der Waals surface area contributed by atoms with E-state index < -0.39 is 0 Å².